The summed E-state index contributed by atoms with van der Waals surface area (Å²) >= 11 is 0. The number of primary amides is 1. The summed E-state index contributed by atoms with van der Waals surface area (Å²) in [5.41, 5.74) is 5.99. The molecule has 0 aliphatic carbocycles. The molecule has 0 aliphatic heterocycles. The number of nitrogens with zero attached hydrogens (tertiary/aromatic N) is 1. The van der Waals surface area contributed by atoms with Crippen LogP contribution in [-0.2, 0) is 25.7 Å². The van der Waals surface area contributed by atoms with Crippen molar-refractivity contribution in [1.29, 1.82) is 0 Å². The van der Waals surface area contributed by atoms with E-state index in [9.17, 15) is 24.3 Å². The molecule has 0 spiro atoms. The third-order valence-corrected chi connectivity index (χ3v) is 5.30. The zero-order chi connectivity index (χ0) is 28.3. The molecule has 0 saturated carbocycles. The SMILES string of the molecule is C#Cc1ccccc1C(C(=O)NCc1ccccc1)N(CCO)C(=O)C(CC(N)=O)NC(=O)OC(C)(C)C. The smallest absolute Gasteiger partial charge is 0.408 e. The van der Waals surface area contributed by atoms with Gasteiger partial charge in [0.05, 0.1) is 13.0 Å². The van der Waals surface area contributed by atoms with Crippen LogP contribution in [0.3, 0.4) is 0 Å². The minimum absolute atomic E-state index is 0.163. The Kier molecular flexibility index (Phi) is 10.9. The van der Waals surface area contributed by atoms with Crippen LogP contribution in [0.1, 0.15) is 49.9 Å². The van der Waals surface area contributed by atoms with E-state index >= 15 is 0 Å². The molecule has 10 nitrogen and oxygen atoms in total. The van der Waals surface area contributed by atoms with Gasteiger partial charge < -0.3 is 31.1 Å². The van der Waals surface area contributed by atoms with Gasteiger partial charge in [-0.3, -0.25) is 14.4 Å². The second-order valence-corrected chi connectivity index (χ2v) is 9.46. The number of hydrogen-bond acceptors (Lipinski definition) is 6. The largest absolute Gasteiger partial charge is 0.444 e. The fourth-order valence-electron chi connectivity index (χ4n) is 3.72. The molecule has 2 atom stereocenters. The Morgan fingerprint density at radius 1 is 1.08 bits per heavy atom. The highest BCUT2D eigenvalue weighted by Crippen LogP contribution is 2.26. The molecule has 10 heteroatoms. The summed E-state index contributed by atoms with van der Waals surface area (Å²) < 4.78 is 5.23. The van der Waals surface area contributed by atoms with E-state index in [2.05, 4.69) is 16.6 Å². The minimum Gasteiger partial charge on any atom is -0.444 e. The van der Waals surface area contributed by atoms with E-state index in [-0.39, 0.29) is 13.1 Å². The van der Waals surface area contributed by atoms with E-state index in [4.69, 9.17) is 16.9 Å². The highest BCUT2D eigenvalue weighted by molar-refractivity contribution is 5.94. The average Bonchev–Trinajstić information content (AvgIpc) is 2.86. The normalized spacial score (nSPS) is 12.4. The second-order valence-electron chi connectivity index (χ2n) is 9.46. The Balaban J connectivity index is 2.49. The number of aliphatic hydroxyl groups is 1. The molecule has 2 aromatic rings. The second kappa shape index (κ2) is 13.8. The van der Waals surface area contributed by atoms with Gasteiger partial charge in [0, 0.05) is 18.7 Å². The number of aliphatic hydroxyl groups excluding tert-OH is 1. The van der Waals surface area contributed by atoms with Crippen LogP contribution in [0.5, 0.6) is 0 Å². The van der Waals surface area contributed by atoms with Gasteiger partial charge in [0.1, 0.15) is 17.7 Å². The maximum Gasteiger partial charge on any atom is 0.408 e. The monoisotopic (exact) mass is 522 g/mol. The molecule has 38 heavy (non-hydrogen) atoms. The van der Waals surface area contributed by atoms with Crippen molar-refractivity contribution in [3.05, 3.63) is 71.3 Å². The lowest BCUT2D eigenvalue weighted by Gasteiger charge is -2.34. The molecule has 5 N–H and O–H groups in total. The predicted molar refractivity (Wildman–Crippen MR) is 141 cm³/mol. The molecule has 0 heterocycles. The highest BCUT2D eigenvalue weighted by Gasteiger charge is 2.37. The van der Waals surface area contributed by atoms with Crippen molar-refractivity contribution in [3.8, 4) is 12.3 Å². The molecule has 0 aromatic heterocycles. The first kappa shape index (κ1) is 29.9. The fraction of sp³-hybridized carbons (Fsp3) is 0.357. The summed E-state index contributed by atoms with van der Waals surface area (Å²) in [5.74, 6) is 0.253. The minimum atomic E-state index is -1.46. The number of nitrogens with two attached hydrogens (primary N) is 1. The molecule has 2 unspecified atom stereocenters. The molecular formula is C28H34N4O6. The van der Waals surface area contributed by atoms with Crippen LogP contribution in [0.4, 0.5) is 4.79 Å². The number of rotatable bonds is 11. The number of ether oxygens (including phenoxy) is 1. The Hall–Kier alpha value is -4.36. The van der Waals surface area contributed by atoms with E-state index in [0.29, 0.717) is 11.1 Å². The van der Waals surface area contributed by atoms with Gasteiger partial charge in [-0.1, -0.05) is 54.5 Å². The Morgan fingerprint density at radius 2 is 1.71 bits per heavy atom. The Labute approximate surface area is 222 Å². The third-order valence-electron chi connectivity index (χ3n) is 5.30. The molecule has 4 amide bonds. The van der Waals surface area contributed by atoms with Crippen molar-refractivity contribution in [2.24, 2.45) is 5.73 Å². The summed E-state index contributed by atoms with van der Waals surface area (Å²) in [7, 11) is 0. The van der Waals surface area contributed by atoms with Crippen molar-refractivity contribution >= 4 is 23.8 Å². The van der Waals surface area contributed by atoms with Crippen molar-refractivity contribution in [3.63, 3.8) is 0 Å². The molecule has 202 valence electrons. The molecule has 2 aromatic carbocycles. The standard InChI is InChI=1S/C28H34N4O6/c1-5-20-13-9-10-14-21(20)24(25(35)30-18-19-11-7-6-8-12-19)32(15-16-33)26(36)22(17-23(29)34)31-27(37)38-28(2,3)4/h1,6-14,22,24,33H,15-18H2,2-4H3,(H2,29,34)(H,30,35)(H,31,37). The van der Waals surface area contributed by atoms with Crippen LogP contribution in [0.25, 0.3) is 0 Å². The summed E-state index contributed by atoms with van der Waals surface area (Å²) in [5, 5.41) is 15.0. The summed E-state index contributed by atoms with van der Waals surface area (Å²) in [6, 6.07) is 13.0. The zero-order valence-electron chi connectivity index (χ0n) is 21.8. The van der Waals surface area contributed by atoms with Crippen LogP contribution < -0.4 is 16.4 Å². The molecular weight excluding hydrogens is 488 g/mol. The maximum atomic E-state index is 13.8. The van der Waals surface area contributed by atoms with Gasteiger partial charge in [-0.2, -0.15) is 0 Å². The topological polar surface area (TPSA) is 151 Å². The van der Waals surface area contributed by atoms with Crippen molar-refractivity contribution < 1.29 is 29.0 Å². The van der Waals surface area contributed by atoms with Crippen LogP contribution in [-0.4, -0.2) is 58.6 Å². The van der Waals surface area contributed by atoms with E-state index in [1.54, 1.807) is 45.0 Å². The summed E-state index contributed by atoms with van der Waals surface area (Å²) in [6.07, 6.45) is 4.18. The lowest BCUT2D eigenvalue weighted by molar-refractivity contribution is -0.144. The zero-order valence-corrected chi connectivity index (χ0v) is 21.8. The molecule has 0 saturated heterocycles. The van der Waals surface area contributed by atoms with Gasteiger partial charge in [-0.05, 0) is 38.0 Å². The lowest BCUT2D eigenvalue weighted by Crippen LogP contribution is -2.54. The molecule has 0 fully saturated rings. The van der Waals surface area contributed by atoms with E-state index < -0.39 is 54.5 Å². The van der Waals surface area contributed by atoms with E-state index in [1.165, 1.54) is 0 Å². The number of alkyl carbamates (subject to hydrolysis) is 1. The summed E-state index contributed by atoms with van der Waals surface area (Å²) in [4.78, 5) is 52.7. The van der Waals surface area contributed by atoms with Crippen molar-refractivity contribution in [2.75, 3.05) is 13.2 Å². The number of benzene rings is 2. The molecule has 0 aliphatic rings. The van der Waals surface area contributed by atoms with Gasteiger partial charge >= 0.3 is 6.09 Å². The van der Waals surface area contributed by atoms with Crippen LogP contribution in [0, 0.1) is 12.3 Å². The number of carbonyl (C=O) groups is 4. The highest BCUT2D eigenvalue weighted by atomic mass is 16.6. The fourth-order valence-corrected chi connectivity index (χ4v) is 3.72. The van der Waals surface area contributed by atoms with Gasteiger partial charge in [0.25, 0.3) is 0 Å². The van der Waals surface area contributed by atoms with Crippen molar-refractivity contribution in [1.82, 2.24) is 15.5 Å². The van der Waals surface area contributed by atoms with Crippen LogP contribution >= 0.6 is 0 Å². The first-order chi connectivity index (χ1) is 18.0. The number of carbonyl (C=O) groups excluding carboxylic acids is 4. The lowest BCUT2D eigenvalue weighted by atomic mass is 9.97. The van der Waals surface area contributed by atoms with Gasteiger partial charge in [-0.25, -0.2) is 4.79 Å². The third kappa shape index (κ3) is 8.94. The van der Waals surface area contributed by atoms with Gasteiger partial charge in [-0.15, -0.1) is 6.42 Å². The number of nitrogens with one attached hydrogen (secondary N) is 2. The van der Waals surface area contributed by atoms with E-state index in [0.717, 1.165) is 10.5 Å². The quantitative estimate of drug-likeness (QED) is 0.329. The van der Waals surface area contributed by atoms with Gasteiger partial charge in [0.15, 0.2) is 0 Å². The number of hydrogen-bond donors (Lipinski definition) is 4. The maximum absolute atomic E-state index is 13.8. The van der Waals surface area contributed by atoms with Crippen LogP contribution in [0.15, 0.2) is 54.6 Å². The Morgan fingerprint density at radius 3 is 2.29 bits per heavy atom. The van der Waals surface area contributed by atoms with Crippen molar-refractivity contribution in [2.45, 2.75) is 51.4 Å². The van der Waals surface area contributed by atoms with Gasteiger partial charge in [0.2, 0.25) is 17.7 Å². The number of amides is 4. The Bertz CT molecular complexity index is 1170. The molecule has 0 radical (unpaired) electrons. The first-order valence-corrected chi connectivity index (χ1v) is 12.0. The van der Waals surface area contributed by atoms with E-state index in [1.807, 2.05) is 30.3 Å². The molecule has 0 bridgehead atoms. The first-order valence-electron chi connectivity index (χ1n) is 12.0. The average molecular weight is 523 g/mol. The van der Waals surface area contributed by atoms with Crippen LogP contribution in [0.2, 0.25) is 0 Å². The summed E-state index contributed by atoms with van der Waals surface area (Å²) in [6.45, 7) is 4.27. The number of terminal acetylenes is 1. The predicted octanol–water partition coefficient (Wildman–Crippen LogP) is 1.61. The molecule has 2 rings (SSSR count).